The summed E-state index contributed by atoms with van der Waals surface area (Å²) in [6.07, 6.45) is -3.65. The van der Waals surface area contributed by atoms with E-state index in [4.69, 9.17) is 0 Å². The highest BCUT2D eigenvalue weighted by Gasteiger charge is 2.40. The molecule has 0 bridgehead atoms. The largest absolute Gasteiger partial charge is 0.454 e. The van der Waals surface area contributed by atoms with Crippen LogP contribution in [0.25, 0.3) is 10.9 Å². The summed E-state index contributed by atoms with van der Waals surface area (Å²) in [5.41, 5.74) is 0.261. The number of alkyl halides is 3. The molecule has 6 heteroatoms. The van der Waals surface area contributed by atoms with Crippen LogP contribution in [0.4, 0.5) is 13.2 Å². The fourth-order valence-electron chi connectivity index (χ4n) is 1.70. The van der Waals surface area contributed by atoms with Crippen LogP contribution in [0.3, 0.4) is 0 Å². The normalized spacial score (nSPS) is 12.1. The standard InChI is InChI=1S/C11H7BrF3NO/c1-16-5-8(10(17)11(13,14)15)7-4-6(12)2-3-9(7)16/h2-5H,1H3. The van der Waals surface area contributed by atoms with E-state index in [0.29, 0.717) is 15.4 Å². The van der Waals surface area contributed by atoms with Gasteiger partial charge in [-0.15, -0.1) is 0 Å². The van der Waals surface area contributed by atoms with Crippen molar-refractivity contribution in [3.05, 3.63) is 34.4 Å². The molecule has 0 fully saturated rings. The summed E-state index contributed by atoms with van der Waals surface area (Å²) >= 11 is 3.17. The molecule has 0 radical (unpaired) electrons. The van der Waals surface area contributed by atoms with Gasteiger partial charge in [-0.25, -0.2) is 0 Å². The molecule has 0 spiro atoms. The van der Waals surface area contributed by atoms with Gasteiger partial charge < -0.3 is 4.57 Å². The molecule has 0 saturated heterocycles. The van der Waals surface area contributed by atoms with E-state index in [1.807, 2.05) is 0 Å². The smallest absolute Gasteiger partial charge is 0.350 e. The average molecular weight is 306 g/mol. The maximum absolute atomic E-state index is 12.4. The van der Waals surface area contributed by atoms with Crippen molar-refractivity contribution in [2.45, 2.75) is 6.18 Å². The maximum Gasteiger partial charge on any atom is 0.454 e. The number of aromatic nitrogens is 1. The van der Waals surface area contributed by atoms with Crippen LogP contribution < -0.4 is 0 Å². The Morgan fingerprint density at radius 1 is 1.35 bits per heavy atom. The molecule has 1 aromatic heterocycles. The van der Waals surface area contributed by atoms with Crippen LogP contribution in [0.5, 0.6) is 0 Å². The first kappa shape index (κ1) is 12.2. The number of hydrogen-bond donors (Lipinski definition) is 0. The predicted molar refractivity (Wildman–Crippen MR) is 61.0 cm³/mol. The second-order valence-electron chi connectivity index (χ2n) is 3.64. The van der Waals surface area contributed by atoms with Gasteiger partial charge in [-0.3, -0.25) is 4.79 Å². The van der Waals surface area contributed by atoms with Crippen molar-refractivity contribution in [3.8, 4) is 0 Å². The van der Waals surface area contributed by atoms with Crippen LogP contribution in [0.1, 0.15) is 10.4 Å². The van der Waals surface area contributed by atoms with E-state index in [-0.39, 0.29) is 5.56 Å². The molecule has 0 N–H and O–H groups in total. The molecule has 0 aliphatic carbocycles. The fourth-order valence-corrected chi connectivity index (χ4v) is 2.06. The number of aryl methyl sites for hydroxylation is 1. The summed E-state index contributed by atoms with van der Waals surface area (Å²) in [5, 5.41) is 0.296. The second kappa shape index (κ2) is 3.87. The van der Waals surface area contributed by atoms with E-state index in [1.165, 1.54) is 16.8 Å². The molecule has 1 heterocycles. The highest BCUT2D eigenvalue weighted by molar-refractivity contribution is 9.10. The summed E-state index contributed by atoms with van der Waals surface area (Å²) in [6.45, 7) is 0. The SMILES string of the molecule is Cn1cc(C(=O)C(F)(F)F)c2cc(Br)ccc21. The second-order valence-corrected chi connectivity index (χ2v) is 4.56. The first-order valence-electron chi connectivity index (χ1n) is 4.67. The molecule has 0 atom stereocenters. The van der Waals surface area contributed by atoms with E-state index in [0.717, 1.165) is 0 Å². The van der Waals surface area contributed by atoms with Crippen LogP contribution in [-0.2, 0) is 7.05 Å². The average Bonchev–Trinajstić information content (AvgIpc) is 2.53. The highest BCUT2D eigenvalue weighted by atomic mass is 79.9. The zero-order valence-corrected chi connectivity index (χ0v) is 10.3. The first-order valence-corrected chi connectivity index (χ1v) is 5.46. The number of carbonyl (C=O) groups is 1. The highest BCUT2D eigenvalue weighted by Crippen LogP contribution is 2.29. The van der Waals surface area contributed by atoms with Crippen LogP contribution in [0.15, 0.2) is 28.9 Å². The fraction of sp³-hybridized carbons (Fsp3) is 0.182. The molecular formula is C11H7BrF3NO. The lowest BCUT2D eigenvalue weighted by Gasteiger charge is -2.03. The number of fused-ring (bicyclic) bond motifs is 1. The lowest BCUT2D eigenvalue weighted by molar-refractivity contribution is -0.0884. The number of halogens is 4. The minimum Gasteiger partial charge on any atom is -0.350 e. The van der Waals surface area contributed by atoms with Crippen molar-refractivity contribution in [2.75, 3.05) is 0 Å². The Balaban J connectivity index is 2.70. The third-order valence-electron chi connectivity index (χ3n) is 2.45. The lowest BCUT2D eigenvalue weighted by Crippen LogP contribution is -2.22. The molecule has 0 aliphatic rings. The van der Waals surface area contributed by atoms with E-state index in [2.05, 4.69) is 15.9 Å². The van der Waals surface area contributed by atoms with Gasteiger partial charge in [-0.05, 0) is 18.2 Å². The summed E-state index contributed by atoms with van der Waals surface area (Å²) in [5.74, 6) is -1.82. The Morgan fingerprint density at radius 3 is 2.59 bits per heavy atom. The van der Waals surface area contributed by atoms with Gasteiger partial charge in [-0.2, -0.15) is 13.2 Å². The van der Waals surface area contributed by atoms with Crippen LogP contribution in [0.2, 0.25) is 0 Å². The lowest BCUT2D eigenvalue weighted by atomic mass is 10.1. The number of ketones is 1. The van der Waals surface area contributed by atoms with Gasteiger partial charge in [0.25, 0.3) is 5.78 Å². The van der Waals surface area contributed by atoms with Crippen LogP contribution in [-0.4, -0.2) is 16.5 Å². The number of carbonyl (C=O) groups excluding carboxylic acids is 1. The molecule has 2 nitrogen and oxygen atoms in total. The van der Waals surface area contributed by atoms with Gasteiger partial charge in [0.05, 0.1) is 5.56 Å². The van der Waals surface area contributed by atoms with Gasteiger partial charge in [-0.1, -0.05) is 15.9 Å². The van der Waals surface area contributed by atoms with Crippen molar-refractivity contribution < 1.29 is 18.0 Å². The molecule has 0 aliphatic heterocycles. The number of rotatable bonds is 1. The molecule has 2 rings (SSSR count). The van der Waals surface area contributed by atoms with Gasteiger partial charge in [0.2, 0.25) is 0 Å². The first-order chi connectivity index (χ1) is 7.80. The Labute approximate surface area is 103 Å². The predicted octanol–water partition coefficient (Wildman–Crippen LogP) is 3.69. The Bertz CT molecular complexity index is 601. The summed E-state index contributed by atoms with van der Waals surface area (Å²) in [6, 6.07) is 4.88. The third kappa shape index (κ3) is 2.09. The van der Waals surface area contributed by atoms with Crippen LogP contribution in [0, 0.1) is 0 Å². The zero-order valence-electron chi connectivity index (χ0n) is 8.68. The third-order valence-corrected chi connectivity index (χ3v) is 2.95. The van der Waals surface area contributed by atoms with Gasteiger partial charge in [0, 0.05) is 28.6 Å². The van der Waals surface area contributed by atoms with E-state index < -0.39 is 12.0 Å². The molecule has 1 aromatic carbocycles. The number of hydrogen-bond acceptors (Lipinski definition) is 1. The van der Waals surface area contributed by atoms with Crippen molar-refractivity contribution in [2.24, 2.45) is 7.05 Å². The number of Topliss-reactive ketones (excluding diaryl/α,β-unsaturated/α-hetero) is 1. The molecule has 0 saturated carbocycles. The molecule has 2 aromatic rings. The van der Waals surface area contributed by atoms with Crippen molar-refractivity contribution in [1.82, 2.24) is 4.57 Å². The monoisotopic (exact) mass is 305 g/mol. The molecule has 17 heavy (non-hydrogen) atoms. The summed E-state index contributed by atoms with van der Waals surface area (Å²) in [4.78, 5) is 11.3. The minimum atomic E-state index is -4.85. The van der Waals surface area contributed by atoms with Crippen LogP contribution >= 0.6 is 15.9 Å². The number of benzene rings is 1. The Hall–Kier alpha value is -1.30. The Morgan fingerprint density at radius 2 is 2.00 bits per heavy atom. The van der Waals surface area contributed by atoms with Crippen molar-refractivity contribution in [3.63, 3.8) is 0 Å². The molecule has 0 amide bonds. The maximum atomic E-state index is 12.4. The Kier molecular flexibility index (Phi) is 2.77. The zero-order chi connectivity index (χ0) is 12.8. The summed E-state index contributed by atoms with van der Waals surface area (Å²) < 4.78 is 39.3. The molecule has 0 unspecified atom stereocenters. The van der Waals surface area contributed by atoms with Gasteiger partial charge >= 0.3 is 6.18 Å². The van der Waals surface area contributed by atoms with Gasteiger partial charge in [0.1, 0.15) is 0 Å². The van der Waals surface area contributed by atoms with Gasteiger partial charge in [0.15, 0.2) is 0 Å². The molecule has 90 valence electrons. The summed E-state index contributed by atoms with van der Waals surface area (Å²) in [7, 11) is 1.60. The van der Waals surface area contributed by atoms with E-state index in [1.54, 1.807) is 19.2 Å². The topological polar surface area (TPSA) is 22.0 Å². The van der Waals surface area contributed by atoms with E-state index in [9.17, 15) is 18.0 Å². The van der Waals surface area contributed by atoms with Crippen molar-refractivity contribution >= 4 is 32.6 Å². The van der Waals surface area contributed by atoms with Crippen molar-refractivity contribution in [1.29, 1.82) is 0 Å². The minimum absolute atomic E-state index is 0.296. The van der Waals surface area contributed by atoms with E-state index >= 15 is 0 Å². The molecular weight excluding hydrogens is 299 g/mol. The quantitative estimate of drug-likeness (QED) is 0.737. The number of nitrogens with zero attached hydrogens (tertiary/aromatic N) is 1.